The summed E-state index contributed by atoms with van der Waals surface area (Å²) in [6.45, 7) is 19.7. The standard InChI is InChI=1S/C17H31ClO2Si2/c1-16(2,19-21(4,5)6)17(3,20-22(7,8)9)14-10-12-15(18)13-11-14/h10-13H,1-9H3. The summed E-state index contributed by atoms with van der Waals surface area (Å²) in [4.78, 5) is 0. The molecule has 0 saturated heterocycles. The van der Waals surface area contributed by atoms with Crippen molar-refractivity contribution in [3.05, 3.63) is 34.9 Å². The highest BCUT2D eigenvalue weighted by Gasteiger charge is 2.48. The van der Waals surface area contributed by atoms with E-state index in [2.05, 4.69) is 72.2 Å². The smallest absolute Gasteiger partial charge is 0.185 e. The van der Waals surface area contributed by atoms with Gasteiger partial charge in [-0.25, -0.2) is 0 Å². The molecule has 0 aliphatic heterocycles. The third kappa shape index (κ3) is 5.20. The van der Waals surface area contributed by atoms with Crippen molar-refractivity contribution in [2.45, 2.75) is 71.3 Å². The van der Waals surface area contributed by atoms with Gasteiger partial charge in [0.15, 0.2) is 16.6 Å². The number of halogens is 1. The van der Waals surface area contributed by atoms with Crippen molar-refractivity contribution in [2.24, 2.45) is 0 Å². The number of hydrogen-bond acceptors (Lipinski definition) is 2. The predicted octanol–water partition coefficient (Wildman–Crippen LogP) is 6.04. The van der Waals surface area contributed by atoms with E-state index in [1.807, 2.05) is 12.1 Å². The zero-order chi connectivity index (χ0) is 17.4. The molecule has 0 amide bonds. The molecule has 5 heteroatoms. The first kappa shape index (κ1) is 19.9. The fourth-order valence-electron chi connectivity index (χ4n) is 2.77. The van der Waals surface area contributed by atoms with Crippen molar-refractivity contribution in [1.82, 2.24) is 0 Å². The van der Waals surface area contributed by atoms with Crippen LogP contribution in [0.15, 0.2) is 24.3 Å². The molecule has 1 aromatic rings. The minimum absolute atomic E-state index is 0.425. The second-order valence-electron chi connectivity index (χ2n) is 8.48. The van der Waals surface area contributed by atoms with Crippen LogP contribution in [-0.4, -0.2) is 22.2 Å². The number of rotatable bonds is 6. The van der Waals surface area contributed by atoms with E-state index in [0.29, 0.717) is 0 Å². The van der Waals surface area contributed by atoms with Crippen molar-refractivity contribution in [3.63, 3.8) is 0 Å². The summed E-state index contributed by atoms with van der Waals surface area (Å²) < 4.78 is 13.2. The maximum Gasteiger partial charge on any atom is 0.185 e. The Bertz CT molecular complexity index is 501. The topological polar surface area (TPSA) is 18.5 Å². The van der Waals surface area contributed by atoms with Crippen LogP contribution in [0.2, 0.25) is 44.3 Å². The molecule has 126 valence electrons. The van der Waals surface area contributed by atoms with Crippen LogP contribution >= 0.6 is 11.6 Å². The van der Waals surface area contributed by atoms with E-state index in [-0.39, 0.29) is 0 Å². The van der Waals surface area contributed by atoms with Crippen molar-refractivity contribution in [2.75, 3.05) is 0 Å². The fourth-order valence-corrected chi connectivity index (χ4v) is 6.21. The molecule has 0 N–H and O–H groups in total. The second-order valence-corrected chi connectivity index (χ2v) is 17.8. The van der Waals surface area contributed by atoms with Gasteiger partial charge < -0.3 is 8.85 Å². The largest absolute Gasteiger partial charge is 0.409 e. The quantitative estimate of drug-likeness (QED) is 0.577. The molecule has 0 fully saturated rings. The highest BCUT2D eigenvalue weighted by molar-refractivity contribution is 6.70. The van der Waals surface area contributed by atoms with Crippen LogP contribution in [0.3, 0.4) is 0 Å². The molecule has 1 aromatic carbocycles. The summed E-state index contributed by atoms with van der Waals surface area (Å²) in [7, 11) is -3.48. The van der Waals surface area contributed by atoms with E-state index in [4.69, 9.17) is 20.5 Å². The van der Waals surface area contributed by atoms with Gasteiger partial charge in [0.25, 0.3) is 0 Å². The van der Waals surface area contributed by atoms with E-state index >= 15 is 0 Å². The Kier molecular flexibility index (Phi) is 5.79. The summed E-state index contributed by atoms with van der Waals surface area (Å²) >= 11 is 6.06. The number of hydrogen-bond donors (Lipinski definition) is 0. The summed E-state index contributed by atoms with van der Waals surface area (Å²) in [5, 5.41) is 0.739. The molecule has 1 unspecified atom stereocenters. The molecule has 0 spiro atoms. The Balaban J connectivity index is 3.36. The van der Waals surface area contributed by atoms with Gasteiger partial charge in [0.1, 0.15) is 5.60 Å². The Morgan fingerprint density at radius 2 is 1.18 bits per heavy atom. The lowest BCUT2D eigenvalue weighted by molar-refractivity contribution is -0.101. The Morgan fingerprint density at radius 1 is 0.773 bits per heavy atom. The van der Waals surface area contributed by atoms with E-state index in [1.54, 1.807) is 0 Å². The van der Waals surface area contributed by atoms with Crippen LogP contribution < -0.4 is 0 Å². The maximum atomic E-state index is 6.65. The van der Waals surface area contributed by atoms with E-state index < -0.39 is 27.8 Å². The molecule has 1 rings (SSSR count). The minimum Gasteiger partial charge on any atom is -0.409 e. The predicted molar refractivity (Wildman–Crippen MR) is 102 cm³/mol. The van der Waals surface area contributed by atoms with Crippen LogP contribution in [0.1, 0.15) is 26.3 Å². The van der Waals surface area contributed by atoms with Gasteiger partial charge in [-0.05, 0) is 77.7 Å². The Hall–Kier alpha value is -0.136. The van der Waals surface area contributed by atoms with Crippen LogP contribution in [0.4, 0.5) is 0 Å². The Morgan fingerprint density at radius 3 is 1.55 bits per heavy atom. The van der Waals surface area contributed by atoms with Crippen molar-refractivity contribution < 1.29 is 8.85 Å². The lowest BCUT2D eigenvalue weighted by Crippen LogP contribution is -2.56. The van der Waals surface area contributed by atoms with Crippen molar-refractivity contribution in [1.29, 1.82) is 0 Å². The van der Waals surface area contributed by atoms with Gasteiger partial charge in [-0.2, -0.15) is 0 Å². The average molecular weight is 359 g/mol. The molecular weight excluding hydrogens is 328 g/mol. The SMILES string of the molecule is CC(C)(O[Si](C)(C)C)C(C)(O[Si](C)(C)C)c1ccc(Cl)cc1. The van der Waals surface area contributed by atoms with E-state index in [1.165, 1.54) is 0 Å². The Labute approximate surface area is 143 Å². The first-order chi connectivity index (χ1) is 9.66. The van der Waals surface area contributed by atoms with Gasteiger partial charge in [0, 0.05) is 5.02 Å². The van der Waals surface area contributed by atoms with Gasteiger partial charge >= 0.3 is 0 Å². The maximum absolute atomic E-state index is 6.65. The molecule has 22 heavy (non-hydrogen) atoms. The molecule has 0 bridgehead atoms. The molecule has 2 nitrogen and oxygen atoms in total. The molecule has 0 aliphatic carbocycles. The molecular formula is C17H31ClO2Si2. The van der Waals surface area contributed by atoms with Crippen LogP contribution in [0, 0.1) is 0 Å². The van der Waals surface area contributed by atoms with Crippen molar-refractivity contribution >= 4 is 28.2 Å². The molecule has 0 aliphatic rings. The summed E-state index contributed by atoms with van der Waals surface area (Å²) in [6.07, 6.45) is 0. The molecule has 0 aromatic heterocycles. The zero-order valence-electron chi connectivity index (χ0n) is 15.5. The van der Waals surface area contributed by atoms with Crippen LogP contribution in [-0.2, 0) is 14.5 Å². The fraction of sp³-hybridized carbons (Fsp3) is 0.647. The lowest BCUT2D eigenvalue weighted by atomic mass is 9.81. The molecule has 0 radical (unpaired) electrons. The third-order valence-electron chi connectivity index (χ3n) is 3.62. The third-order valence-corrected chi connectivity index (χ3v) is 6.01. The monoisotopic (exact) mass is 358 g/mol. The van der Waals surface area contributed by atoms with Gasteiger partial charge in [0.05, 0.1) is 5.60 Å². The minimum atomic E-state index is -1.77. The van der Waals surface area contributed by atoms with Gasteiger partial charge in [-0.15, -0.1) is 0 Å². The highest BCUT2D eigenvalue weighted by Crippen LogP contribution is 2.42. The zero-order valence-corrected chi connectivity index (χ0v) is 18.3. The first-order valence-corrected chi connectivity index (χ1v) is 15.0. The number of benzene rings is 1. The van der Waals surface area contributed by atoms with E-state index in [9.17, 15) is 0 Å². The van der Waals surface area contributed by atoms with Gasteiger partial charge in [0.2, 0.25) is 0 Å². The molecule has 0 heterocycles. The van der Waals surface area contributed by atoms with Gasteiger partial charge in [-0.1, -0.05) is 23.7 Å². The first-order valence-electron chi connectivity index (χ1n) is 7.83. The lowest BCUT2D eigenvalue weighted by Gasteiger charge is -2.50. The second kappa shape index (κ2) is 6.40. The van der Waals surface area contributed by atoms with Crippen LogP contribution in [0.25, 0.3) is 0 Å². The van der Waals surface area contributed by atoms with Gasteiger partial charge in [-0.3, -0.25) is 0 Å². The summed E-state index contributed by atoms with van der Waals surface area (Å²) in [6, 6.07) is 7.95. The summed E-state index contributed by atoms with van der Waals surface area (Å²) in [5.41, 5.74) is 0.177. The molecule has 1 atom stereocenters. The van der Waals surface area contributed by atoms with Crippen LogP contribution in [0.5, 0.6) is 0 Å². The highest BCUT2D eigenvalue weighted by atomic mass is 35.5. The van der Waals surface area contributed by atoms with Crippen molar-refractivity contribution in [3.8, 4) is 0 Å². The average Bonchev–Trinajstić information content (AvgIpc) is 2.23. The summed E-state index contributed by atoms with van der Waals surface area (Å²) in [5.74, 6) is 0. The molecule has 0 saturated carbocycles. The van der Waals surface area contributed by atoms with E-state index in [0.717, 1.165) is 10.6 Å². The normalized spacial score (nSPS) is 16.5.